The number of amides is 1. The van der Waals surface area contributed by atoms with Crippen molar-refractivity contribution in [3.8, 4) is 11.5 Å². The van der Waals surface area contributed by atoms with Crippen LogP contribution in [0, 0.1) is 6.92 Å². The van der Waals surface area contributed by atoms with Gasteiger partial charge >= 0.3 is 0 Å². The molecular formula is C23H25NO6. The molecule has 7 heteroatoms. The highest BCUT2D eigenvalue weighted by molar-refractivity contribution is 6.46. The van der Waals surface area contributed by atoms with Crippen molar-refractivity contribution < 1.29 is 29.3 Å². The quantitative estimate of drug-likeness (QED) is 0.431. The van der Waals surface area contributed by atoms with Gasteiger partial charge in [0.05, 0.1) is 31.9 Å². The smallest absolute Gasteiger partial charge is 0.295 e. The summed E-state index contributed by atoms with van der Waals surface area (Å²) in [6.07, 6.45) is -0.866. The minimum Gasteiger partial charge on any atom is -0.507 e. The van der Waals surface area contributed by atoms with E-state index < -0.39 is 23.8 Å². The highest BCUT2D eigenvalue weighted by Crippen LogP contribution is 2.43. The number of nitrogens with zero attached hydrogens (tertiary/aromatic N) is 1. The molecule has 7 nitrogen and oxygen atoms in total. The minimum absolute atomic E-state index is 0.0482. The average molecular weight is 411 g/mol. The van der Waals surface area contributed by atoms with Gasteiger partial charge in [0.15, 0.2) is 0 Å². The van der Waals surface area contributed by atoms with Gasteiger partial charge in [0.25, 0.3) is 11.7 Å². The predicted octanol–water partition coefficient (Wildman–Crippen LogP) is 2.81. The number of carbonyl (C=O) groups excluding carboxylic acids is 2. The minimum atomic E-state index is -0.915. The summed E-state index contributed by atoms with van der Waals surface area (Å²) in [5, 5.41) is 20.9. The van der Waals surface area contributed by atoms with Gasteiger partial charge in [0.2, 0.25) is 0 Å². The molecule has 1 aliphatic rings. The summed E-state index contributed by atoms with van der Waals surface area (Å²) in [6.45, 7) is 3.37. The van der Waals surface area contributed by atoms with E-state index in [9.17, 15) is 19.8 Å². The van der Waals surface area contributed by atoms with Gasteiger partial charge in [-0.2, -0.15) is 0 Å². The lowest BCUT2D eigenvalue weighted by Crippen LogP contribution is -2.35. The number of methoxy groups -OCH3 is 2. The fraction of sp³-hybridized carbons (Fsp3) is 0.304. The summed E-state index contributed by atoms with van der Waals surface area (Å²) in [5.41, 5.74) is 1.88. The first-order valence-corrected chi connectivity index (χ1v) is 9.54. The normalized spacial score (nSPS) is 19.1. The Hall–Kier alpha value is -3.32. The highest BCUT2D eigenvalue weighted by Gasteiger charge is 2.47. The molecule has 0 bridgehead atoms. The molecule has 1 aliphatic heterocycles. The van der Waals surface area contributed by atoms with Crippen LogP contribution in [0.4, 0.5) is 0 Å². The maximum atomic E-state index is 12.9. The number of β-amino-alcohol motifs (C(OH)–C–C–N with tert-alkyl or cyclic N) is 1. The van der Waals surface area contributed by atoms with Crippen molar-refractivity contribution >= 4 is 17.4 Å². The van der Waals surface area contributed by atoms with Crippen LogP contribution in [0.25, 0.3) is 5.76 Å². The number of benzene rings is 2. The summed E-state index contributed by atoms with van der Waals surface area (Å²) in [4.78, 5) is 27.0. The molecule has 2 atom stereocenters. The number of Topliss-reactive ketones (excluding diaryl/α,β-unsaturated/α-hetero) is 1. The number of rotatable bonds is 6. The van der Waals surface area contributed by atoms with Crippen LogP contribution in [-0.4, -0.2) is 53.7 Å². The molecule has 0 spiro atoms. The van der Waals surface area contributed by atoms with E-state index in [1.807, 2.05) is 19.1 Å². The van der Waals surface area contributed by atoms with Crippen molar-refractivity contribution in [2.75, 3.05) is 20.8 Å². The van der Waals surface area contributed by atoms with Gasteiger partial charge in [-0.05, 0) is 26.0 Å². The third kappa shape index (κ3) is 3.89. The van der Waals surface area contributed by atoms with Crippen LogP contribution in [0.2, 0.25) is 0 Å². The molecular weight excluding hydrogens is 386 g/mol. The Kier molecular flexibility index (Phi) is 6.12. The number of ether oxygens (including phenoxy) is 2. The van der Waals surface area contributed by atoms with E-state index >= 15 is 0 Å². The molecule has 2 N–H and O–H groups in total. The molecule has 0 unspecified atom stereocenters. The number of ketones is 1. The Labute approximate surface area is 175 Å². The number of aryl methyl sites for hydroxylation is 1. The van der Waals surface area contributed by atoms with Crippen LogP contribution in [-0.2, 0) is 9.59 Å². The molecule has 158 valence electrons. The van der Waals surface area contributed by atoms with Crippen LogP contribution in [0.3, 0.4) is 0 Å². The van der Waals surface area contributed by atoms with E-state index in [0.717, 1.165) is 5.56 Å². The Balaban J connectivity index is 2.24. The Bertz CT molecular complexity index is 993. The zero-order valence-corrected chi connectivity index (χ0v) is 17.4. The zero-order valence-electron chi connectivity index (χ0n) is 17.4. The van der Waals surface area contributed by atoms with E-state index in [1.165, 1.54) is 26.0 Å². The van der Waals surface area contributed by atoms with Gasteiger partial charge in [-0.3, -0.25) is 9.59 Å². The van der Waals surface area contributed by atoms with Crippen LogP contribution < -0.4 is 9.47 Å². The molecule has 0 saturated carbocycles. The van der Waals surface area contributed by atoms with Gasteiger partial charge in [0, 0.05) is 23.7 Å². The van der Waals surface area contributed by atoms with Gasteiger partial charge in [-0.1, -0.05) is 29.8 Å². The van der Waals surface area contributed by atoms with E-state index in [2.05, 4.69) is 0 Å². The number of hydrogen-bond acceptors (Lipinski definition) is 6. The summed E-state index contributed by atoms with van der Waals surface area (Å²) in [5.74, 6) is -0.929. The predicted molar refractivity (Wildman–Crippen MR) is 111 cm³/mol. The van der Waals surface area contributed by atoms with Crippen LogP contribution in [0.15, 0.2) is 48.0 Å². The number of likely N-dealkylation sites (tertiary alicyclic amines) is 1. The number of aliphatic hydroxyl groups is 2. The molecule has 2 aromatic carbocycles. The van der Waals surface area contributed by atoms with Gasteiger partial charge in [-0.15, -0.1) is 0 Å². The molecule has 0 radical (unpaired) electrons. The first-order valence-electron chi connectivity index (χ1n) is 9.54. The molecule has 3 rings (SSSR count). The SMILES string of the molecule is COc1ccc([C@H]2C(=C(O)c3ccc(C)cc3)C(=O)C(=O)N2C[C@@H](C)O)c(OC)c1. The highest BCUT2D eigenvalue weighted by atomic mass is 16.5. The van der Waals surface area contributed by atoms with Crippen molar-refractivity contribution in [1.29, 1.82) is 0 Å². The van der Waals surface area contributed by atoms with Crippen LogP contribution in [0.1, 0.15) is 29.7 Å². The van der Waals surface area contributed by atoms with Crippen molar-refractivity contribution in [2.24, 2.45) is 0 Å². The summed E-state index contributed by atoms with van der Waals surface area (Å²) >= 11 is 0. The lowest BCUT2D eigenvalue weighted by Gasteiger charge is -2.27. The van der Waals surface area contributed by atoms with Crippen molar-refractivity contribution in [3.63, 3.8) is 0 Å². The Morgan fingerprint density at radius 2 is 1.77 bits per heavy atom. The third-order valence-electron chi connectivity index (χ3n) is 5.06. The van der Waals surface area contributed by atoms with Gasteiger partial charge in [0.1, 0.15) is 17.3 Å². The molecule has 30 heavy (non-hydrogen) atoms. The van der Waals surface area contributed by atoms with Gasteiger partial charge in [-0.25, -0.2) is 0 Å². The van der Waals surface area contributed by atoms with Crippen molar-refractivity contribution in [3.05, 3.63) is 64.7 Å². The topological polar surface area (TPSA) is 96.3 Å². The second-order valence-electron chi connectivity index (χ2n) is 7.27. The van der Waals surface area contributed by atoms with Crippen molar-refractivity contribution in [2.45, 2.75) is 26.0 Å². The largest absolute Gasteiger partial charge is 0.507 e. The van der Waals surface area contributed by atoms with E-state index in [4.69, 9.17) is 9.47 Å². The fourth-order valence-corrected chi connectivity index (χ4v) is 3.59. The van der Waals surface area contributed by atoms with E-state index in [-0.39, 0.29) is 17.9 Å². The van der Waals surface area contributed by atoms with Gasteiger partial charge < -0.3 is 24.6 Å². The molecule has 0 aliphatic carbocycles. The molecule has 1 heterocycles. The Morgan fingerprint density at radius 3 is 2.33 bits per heavy atom. The Morgan fingerprint density at radius 1 is 1.10 bits per heavy atom. The first kappa shape index (κ1) is 21.4. The maximum absolute atomic E-state index is 12.9. The van der Waals surface area contributed by atoms with Crippen LogP contribution in [0.5, 0.6) is 11.5 Å². The van der Waals surface area contributed by atoms with Crippen LogP contribution >= 0.6 is 0 Å². The standard InChI is InChI=1S/C23H25NO6/c1-13-5-7-15(8-6-13)21(26)19-20(24(12-14(2)25)23(28)22(19)27)17-10-9-16(29-3)11-18(17)30-4/h5-11,14,20,25-26H,12H2,1-4H3/t14-,20+/m1/s1. The molecule has 2 aromatic rings. The molecule has 1 fully saturated rings. The maximum Gasteiger partial charge on any atom is 0.295 e. The number of carbonyl (C=O) groups is 2. The average Bonchev–Trinajstić information content (AvgIpc) is 2.97. The lowest BCUT2D eigenvalue weighted by molar-refractivity contribution is -0.140. The van der Waals surface area contributed by atoms with E-state index in [1.54, 1.807) is 30.3 Å². The second-order valence-corrected chi connectivity index (χ2v) is 7.27. The number of hydrogen-bond donors (Lipinski definition) is 2. The third-order valence-corrected chi connectivity index (χ3v) is 5.06. The summed E-state index contributed by atoms with van der Waals surface area (Å²) < 4.78 is 10.7. The fourth-order valence-electron chi connectivity index (χ4n) is 3.59. The van der Waals surface area contributed by atoms with Crippen molar-refractivity contribution in [1.82, 2.24) is 4.90 Å². The lowest BCUT2D eigenvalue weighted by atomic mass is 9.94. The number of aliphatic hydroxyl groups excluding tert-OH is 2. The molecule has 1 saturated heterocycles. The first-order chi connectivity index (χ1) is 14.3. The van der Waals surface area contributed by atoms with E-state index in [0.29, 0.717) is 22.6 Å². The second kappa shape index (κ2) is 8.59. The summed E-state index contributed by atoms with van der Waals surface area (Å²) in [7, 11) is 2.99. The summed E-state index contributed by atoms with van der Waals surface area (Å²) in [6, 6.07) is 11.1. The molecule has 1 amide bonds. The molecule has 0 aromatic heterocycles. The monoisotopic (exact) mass is 411 g/mol. The zero-order chi connectivity index (χ0) is 22.0.